The number of sulfonamides is 1. The van der Waals surface area contributed by atoms with Gasteiger partial charge in [-0.2, -0.15) is 4.31 Å². The number of halogens is 2. The Labute approximate surface area is 197 Å². The second kappa shape index (κ2) is 8.79. The second-order valence-corrected chi connectivity index (χ2v) is 10.5. The van der Waals surface area contributed by atoms with Crippen LogP contribution in [-0.2, 0) is 14.8 Å². The molecule has 0 spiro atoms. The number of amides is 1. The van der Waals surface area contributed by atoms with Crippen LogP contribution in [0.5, 0.6) is 11.5 Å². The van der Waals surface area contributed by atoms with Gasteiger partial charge in [-0.3, -0.25) is 9.69 Å². The van der Waals surface area contributed by atoms with Gasteiger partial charge in [0.05, 0.1) is 11.4 Å². The quantitative estimate of drug-likeness (QED) is 0.686. The number of ether oxygens (including phenoxy) is 2. The summed E-state index contributed by atoms with van der Waals surface area (Å²) < 4.78 is 63.3. The number of carbonyl (C=O) groups is 1. The van der Waals surface area contributed by atoms with Crippen molar-refractivity contribution in [2.45, 2.75) is 38.9 Å². The lowest BCUT2D eigenvalue weighted by molar-refractivity contribution is -0.286. The molecule has 1 fully saturated rings. The van der Waals surface area contributed by atoms with Crippen molar-refractivity contribution < 1.29 is 31.5 Å². The van der Waals surface area contributed by atoms with Crippen molar-refractivity contribution in [2.24, 2.45) is 0 Å². The number of nitrogens with zero attached hydrogens (tertiary/aromatic N) is 2. The van der Waals surface area contributed by atoms with E-state index in [2.05, 4.69) is 14.8 Å². The maximum Gasteiger partial charge on any atom is 0.586 e. The third-order valence-electron chi connectivity index (χ3n) is 6.28. The van der Waals surface area contributed by atoms with E-state index in [1.807, 2.05) is 38.7 Å². The Morgan fingerprint density at radius 1 is 0.971 bits per heavy atom. The zero-order valence-electron chi connectivity index (χ0n) is 19.4. The molecule has 184 valence electrons. The first-order valence-corrected chi connectivity index (χ1v) is 12.3. The van der Waals surface area contributed by atoms with E-state index >= 15 is 0 Å². The molecule has 0 radical (unpaired) electrons. The van der Waals surface area contributed by atoms with E-state index in [-0.39, 0.29) is 37.0 Å². The van der Waals surface area contributed by atoms with Crippen molar-refractivity contribution in [3.8, 4) is 11.5 Å². The van der Waals surface area contributed by atoms with Crippen LogP contribution in [0, 0.1) is 27.7 Å². The van der Waals surface area contributed by atoms with E-state index in [0.29, 0.717) is 23.7 Å². The number of anilines is 1. The van der Waals surface area contributed by atoms with Crippen LogP contribution >= 0.6 is 0 Å². The number of nitrogens with one attached hydrogen (secondary N) is 1. The minimum Gasteiger partial charge on any atom is -0.395 e. The lowest BCUT2D eigenvalue weighted by Gasteiger charge is -2.34. The van der Waals surface area contributed by atoms with Crippen molar-refractivity contribution in [3.63, 3.8) is 0 Å². The summed E-state index contributed by atoms with van der Waals surface area (Å²) in [5.41, 5.74) is 3.68. The van der Waals surface area contributed by atoms with E-state index in [0.717, 1.165) is 22.3 Å². The Kier molecular flexibility index (Phi) is 6.30. The predicted octanol–water partition coefficient (Wildman–Crippen LogP) is 3.19. The Balaban J connectivity index is 1.36. The summed E-state index contributed by atoms with van der Waals surface area (Å²) in [4.78, 5) is 14.7. The molecule has 0 unspecified atom stereocenters. The summed E-state index contributed by atoms with van der Waals surface area (Å²) in [6.07, 6.45) is -3.72. The average Bonchev–Trinajstić information content (AvgIpc) is 3.05. The molecule has 2 heterocycles. The van der Waals surface area contributed by atoms with Crippen LogP contribution in [0.3, 0.4) is 0 Å². The number of piperazine rings is 1. The molecule has 11 heteroatoms. The Hall–Kier alpha value is -2.76. The summed E-state index contributed by atoms with van der Waals surface area (Å²) >= 11 is 0. The van der Waals surface area contributed by atoms with Gasteiger partial charge >= 0.3 is 6.29 Å². The molecule has 0 atom stereocenters. The molecule has 0 saturated carbocycles. The summed E-state index contributed by atoms with van der Waals surface area (Å²) in [5, 5.41) is 2.65. The van der Waals surface area contributed by atoms with Crippen molar-refractivity contribution in [1.29, 1.82) is 0 Å². The van der Waals surface area contributed by atoms with Gasteiger partial charge in [0.2, 0.25) is 15.9 Å². The largest absolute Gasteiger partial charge is 0.586 e. The van der Waals surface area contributed by atoms with Crippen molar-refractivity contribution in [2.75, 3.05) is 38.0 Å². The van der Waals surface area contributed by atoms with Crippen LogP contribution in [0.25, 0.3) is 0 Å². The summed E-state index contributed by atoms with van der Waals surface area (Å²) in [6, 6.07) is 6.01. The highest BCUT2D eigenvalue weighted by molar-refractivity contribution is 7.89. The maximum absolute atomic E-state index is 13.4. The first-order chi connectivity index (χ1) is 15.9. The van der Waals surface area contributed by atoms with E-state index in [4.69, 9.17) is 0 Å². The molecular weight excluding hydrogens is 468 g/mol. The molecule has 1 saturated heterocycles. The number of rotatable bonds is 5. The van der Waals surface area contributed by atoms with Crippen molar-refractivity contribution in [3.05, 3.63) is 46.5 Å². The highest BCUT2D eigenvalue weighted by Crippen LogP contribution is 2.42. The third kappa shape index (κ3) is 4.73. The van der Waals surface area contributed by atoms with Crippen LogP contribution in [-0.4, -0.2) is 62.5 Å². The van der Waals surface area contributed by atoms with Crippen LogP contribution in [0.1, 0.15) is 22.3 Å². The van der Waals surface area contributed by atoms with E-state index < -0.39 is 16.3 Å². The number of hydrogen-bond acceptors (Lipinski definition) is 6. The van der Waals surface area contributed by atoms with Crippen molar-refractivity contribution in [1.82, 2.24) is 9.21 Å². The smallest absolute Gasteiger partial charge is 0.395 e. The minimum atomic E-state index is -3.72. The highest BCUT2D eigenvalue weighted by atomic mass is 32.2. The van der Waals surface area contributed by atoms with Gasteiger partial charge in [0.25, 0.3) is 0 Å². The molecule has 2 aromatic carbocycles. The summed E-state index contributed by atoms with van der Waals surface area (Å²) in [7, 11) is -3.67. The zero-order chi connectivity index (χ0) is 24.8. The van der Waals surface area contributed by atoms with Gasteiger partial charge in [-0.05, 0) is 62.1 Å². The van der Waals surface area contributed by atoms with Crippen molar-refractivity contribution >= 4 is 21.6 Å². The summed E-state index contributed by atoms with van der Waals surface area (Å²) in [6.45, 7) is 8.82. The summed E-state index contributed by atoms with van der Waals surface area (Å²) in [5.74, 6) is -0.601. The van der Waals surface area contributed by atoms with Gasteiger partial charge in [-0.15, -0.1) is 8.78 Å². The monoisotopic (exact) mass is 495 g/mol. The average molecular weight is 496 g/mol. The van der Waals surface area contributed by atoms with E-state index in [1.165, 1.54) is 22.5 Å². The molecule has 0 bridgehead atoms. The van der Waals surface area contributed by atoms with Crippen LogP contribution < -0.4 is 14.8 Å². The SMILES string of the molecule is Cc1cc(C)c(C)c(S(=O)(=O)N2CCN(CC(=O)Nc3ccc4c(c3)OC(F)(F)O4)CC2)c1C. The standard InChI is InChI=1S/C23H27F2N3O5S/c1-14-11-15(2)17(4)22(16(14)3)34(30,31)28-9-7-27(8-10-28)13-21(29)26-18-5-6-19-20(12-18)33-23(24,25)32-19/h5-6,11-12H,7-10,13H2,1-4H3,(H,26,29). The molecule has 34 heavy (non-hydrogen) atoms. The normalized spacial score (nSPS) is 18.2. The van der Waals surface area contributed by atoms with Crippen LogP contribution in [0.2, 0.25) is 0 Å². The van der Waals surface area contributed by atoms with E-state index in [1.54, 1.807) is 0 Å². The molecule has 1 N–H and O–H groups in total. The third-order valence-corrected chi connectivity index (χ3v) is 8.45. The lowest BCUT2D eigenvalue weighted by Crippen LogP contribution is -2.50. The lowest BCUT2D eigenvalue weighted by atomic mass is 10.0. The number of aryl methyl sites for hydroxylation is 2. The molecular formula is C23H27F2N3O5S. The topological polar surface area (TPSA) is 88.2 Å². The van der Waals surface area contributed by atoms with Gasteiger partial charge in [-0.1, -0.05) is 6.07 Å². The Morgan fingerprint density at radius 3 is 2.18 bits per heavy atom. The molecule has 1 amide bonds. The molecule has 2 aromatic rings. The molecule has 2 aliphatic heterocycles. The number of benzene rings is 2. The molecule has 4 rings (SSSR count). The molecule has 0 aromatic heterocycles. The van der Waals surface area contributed by atoms with Crippen LogP contribution in [0.15, 0.2) is 29.2 Å². The Bertz CT molecular complexity index is 1220. The predicted molar refractivity (Wildman–Crippen MR) is 122 cm³/mol. The minimum absolute atomic E-state index is 0.0418. The van der Waals surface area contributed by atoms with Gasteiger partial charge < -0.3 is 14.8 Å². The molecule has 0 aliphatic carbocycles. The van der Waals surface area contributed by atoms with Gasteiger partial charge in [-0.25, -0.2) is 8.42 Å². The number of hydrogen-bond donors (Lipinski definition) is 1. The number of fused-ring (bicyclic) bond motifs is 1. The van der Waals surface area contributed by atoms with Gasteiger partial charge in [0, 0.05) is 37.9 Å². The molecule has 8 nitrogen and oxygen atoms in total. The second-order valence-electron chi connectivity index (χ2n) is 8.65. The fourth-order valence-electron chi connectivity index (χ4n) is 4.26. The maximum atomic E-state index is 13.4. The fourth-order valence-corrected chi connectivity index (χ4v) is 6.25. The molecule has 2 aliphatic rings. The van der Waals surface area contributed by atoms with Gasteiger partial charge in [0.15, 0.2) is 11.5 Å². The van der Waals surface area contributed by atoms with Crippen LogP contribution in [0.4, 0.5) is 14.5 Å². The number of alkyl halides is 2. The first kappa shape index (κ1) is 24.4. The Morgan fingerprint density at radius 2 is 1.56 bits per heavy atom. The van der Waals surface area contributed by atoms with Gasteiger partial charge in [0.1, 0.15) is 0 Å². The first-order valence-electron chi connectivity index (χ1n) is 10.9. The zero-order valence-corrected chi connectivity index (χ0v) is 20.3. The van der Waals surface area contributed by atoms with E-state index in [9.17, 15) is 22.0 Å². The number of carbonyl (C=O) groups excluding carboxylic acids is 1. The highest BCUT2D eigenvalue weighted by Gasteiger charge is 2.43. The fraction of sp³-hybridized carbons (Fsp3) is 0.435.